The standard InChI is InChI=1S/C15H17NO4S/c1-19-10-4-6-13(20-2)9(7-10)3-5-11-8-12(15(17)18)14(16)21-11/h4,6-8H,3,5,16H2,1-2H3,(H,17,18). The van der Waals surface area contributed by atoms with Crippen LogP contribution in [0.3, 0.4) is 0 Å². The maximum absolute atomic E-state index is 11.0. The summed E-state index contributed by atoms with van der Waals surface area (Å²) in [4.78, 5) is 11.9. The summed E-state index contributed by atoms with van der Waals surface area (Å²) in [5, 5.41) is 9.35. The van der Waals surface area contributed by atoms with E-state index in [0.29, 0.717) is 11.4 Å². The van der Waals surface area contributed by atoms with Crippen molar-refractivity contribution in [2.75, 3.05) is 20.0 Å². The van der Waals surface area contributed by atoms with Crippen LogP contribution in [0.2, 0.25) is 0 Å². The Morgan fingerprint density at radius 2 is 2.00 bits per heavy atom. The van der Waals surface area contributed by atoms with Crippen molar-refractivity contribution >= 4 is 22.3 Å². The molecular formula is C15H17NO4S. The second-order valence-electron chi connectivity index (χ2n) is 4.47. The number of rotatable bonds is 6. The monoisotopic (exact) mass is 307 g/mol. The van der Waals surface area contributed by atoms with Gasteiger partial charge >= 0.3 is 5.97 Å². The maximum atomic E-state index is 11.0. The highest BCUT2D eigenvalue weighted by molar-refractivity contribution is 7.16. The zero-order valence-corrected chi connectivity index (χ0v) is 12.7. The molecule has 0 amide bonds. The molecule has 0 aliphatic carbocycles. The third-order valence-electron chi connectivity index (χ3n) is 3.17. The molecule has 0 atom stereocenters. The number of carbonyl (C=O) groups is 1. The topological polar surface area (TPSA) is 81.8 Å². The predicted octanol–water partition coefficient (Wildman–Crippen LogP) is 2.83. The molecule has 6 heteroatoms. The van der Waals surface area contributed by atoms with E-state index in [1.807, 2.05) is 18.2 Å². The van der Waals surface area contributed by atoms with Gasteiger partial charge in [0.05, 0.1) is 19.8 Å². The first kappa shape index (κ1) is 15.2. The van der Waals surface area contributed by atoms with E-state index in [0.717, 1.165) is 28.4 Å². The van der Waals surface area contributed by atoms with Crippen LogP contribution in [0.4, 0.5) is 5.00 Å². The summed E-state index contributed by atoms with van der Waals surface area (Å²) in [6, 6.07) is 7.26. The molecule has 1 aromatic carbocycles. The highest BCUT2D eigenvalue weighted by atomic mass is 32.1. The van der Waals surface area contributed by atoms with Gasteiger partial charge in [-0.2, -0.15) is 0 Å². The summed E-state index contributed by atoms with van der Waals surface area (Å²) in [5.41, 5.74) is 6.89. The molecule has 2 rings (SSSR count). The van der Waals surface area contributed by atoms with Crippen LogP contribution in [-0.2, 0) is 12.8 Å². The fourth-order valence-electron chi connectivity index (χ4n) is 2.08. The number of hydrogen-bond donors (Lipinski definition) is 2. The minimum atomic E-state index is -0.992. The molecule has 5 nitrogen and oxygen atoms in total. The first-order valence-electron chi connectivity index (χ1n) is 6.37. The van der Waals surface area contributed by atoms with Gasteiger partial charge in [0.25, 0.3) is 0 Å². The first-order valence-corrected chi connectivity index (χ1v) is 7.19. The number of carboxylic acids is 1. The molecule has 0 bridgehead atoms. The van der Waals surface area contributed by atoms with E-state index in [4.69, 9.17) is 20.3 Å². The van der Waals surface area contributed by atoms with Crippen LogP contribution in [0.15, 0.2) is 24.3 Å². The summed E-state index contributed by atoms with van der Waals surface area (Å²) < 4.78 is 10.5. The summed E-state index contributed by atoms with van der Waals surface area (Å²) >= 11 is 1.31. The molecule has 1 heterocycles. The van der Waals surface area contributed by atoms with Gasteiger partial charge in [-0.05, 0) is 42.7 Å². The molecule has 0 saturated heterocycles. The number of carboxylic acid groups (broad SMARTS) is 1. The van der Waals surface area contributed by atoms with Gasteiger partial charge in [-0.15, -0.1) is 11.3 Å². The molecule has 3 N–H and O–H groups in total. The van der Waals surface area contributed by atoms with E-state index in [2.05, 4.69) is 0 Å². The Morgan fingerprint density at radius 3 is 2.57 bits per heavy atom. The molecule has 0 radical (unpaired) electrons. The third kappa shape index (κ3) is 3.46. The molecule has 0 aliphatic heterocycles. The number of hydrogen-bond acceptors (Lipinski definition) is 5. The smallest absolute Gasteiger partial charge is 0.338 e. The van der Waals surface area contributed by atoms with Gasteiger partial charge in [-0.25, -0.2) is 4.79 Å². The van der Waals surface area contributed by atoms with Crippen molar-refractivity contribution in [1.29, 1.82) is 0 Å². The minimum absolute atomic E-state index is 0.174. The van der Waals surface area contributed by atoms with Crippen molar-refractivity contribution in [3.63, 3.8) is 0 Å². The molecule has 2 aromatic rings. The third-order valence-corrected chi connectivity index (χ3v) is 4.19. The number of nitrogen functional groups attached to an aromatic ring is 1. The number of benzene rings is 1. The van der Waals surface area contributed by atoms with Crippen LogP contribution >= 0.6 is 11.3 Å². The molecule has 0 saturated carbocycles. The number of aromatic carboxylic acids is 1. The van der Waals surface area contributed by atoms with Crippen molar-refractivity contribution in [3.8, 4) is 11.5 Å². The Morgan fingerprint density at radius 1 is 1.24 bits per heavy atom. The van der Waals surface area contributed by atoms with Crippen molar-refractivity contribution in [1.82, 2.24) is 0 Å². The van der Waals surface area contributed by atoms with Crippen LogP contribution in [0.25, 0.3) is 0 Å². The molecule has 0 spiro atoms. The number of aryl methyl sites for hydroxylation is 2. The summed E-state index contributed by atoms with van der Waals surface area (Å²) in [6.45, 7) is 0. The Balaban J connectivity index is 2.15. The average molecular weight is 307 g/mol. The van der Waals surface area contributed by atoms with Gasteiger partial charge < -0.3 is 20.3 Å². The summed E-state index contributed by atoms with van der Waals surface area (Å²) in [5.74, 6) is 0.565. The molecular weight excluding hydrogens is 290 g/mol. The summed E-state index contributed by atoms with van der Waals surface area (Å²) in [7, 11) is 3.24. The van der Waals surface area contributed by atoms with Crippen LogP contribution in [0.5, 0.6) is 11.5 Å². The van der Waals surface area contributed by atoms with Gasteiger partial charge in [0.2, 0.25) is 0 Å². The predicted molar refractivity (Wildman–Crippen MR) is 82.6 cm³/mol. The molecule has 0 aliphatic rings. The van der Waals surface area contributed by atoms with Gasteiger partial charge in [0.1, 0.15) is 16.5 Å². The van der Waals surface area contributed by atoms with Gasteiger partial charge in [-0.1, -0.05) is 0 Å². The van der Waals surface area contributed by atoms with Crippen molar-refractivity contribution in [2.24, 2.45) is 0 Å². The Bertz CT molecular complexity index is 651. The zero-order valence-electron chi connectivity index (χ0n) is 11.9. The van der Waals surface area contributed by atoms with Crippen molar-refractivity contribution in [3.05, 3.63) is 40.3 Å². The average Bonchev–Trinajstić information content (AvgIpc) is 2.86. The first-order chi connectivity index (χ1) is 10.0. The van der Waals surface area contributed by atoms with Gasteiger partial charge in [0, 0.05) is 4.88 Å². The lowest BCUT2D eigenvalue weighted by Gasteiger charge is -2.09. The highest BCUT2D eigenvalue weighted by Crippen LogP contribution is 2.29. The second-order valence-corrected chi connectivity index (χ2v) is 5.64. The van der Waals surface area contributed by atoms with Crippen molar-refractivity contribution < 1.29 is 19.4 Å². The minimum Gasteiger partial charge on any atom is -0.497 e. The quantitative estimate of drug-likeness (QED) is 0.857. The Hall–Kier alpha value is -2.21. The number of thiophene rings is 1. The van der Waals surface area contributed by atoms with Crippen LogP contribution in [0.1, 0.15) is 20.8 Å². The largest absolute Gasteiger partial charge is 0.497 e. The molecule has 1 aromatic heterocycles. The highest BCUT2D eigenvalue weighted by Gasteiger charge is 2.13. The van der Waals surface area contributed by atoms with E-state index < -0.39 is 5.97 Å². The van der Waals surface area contributed by atoms with E-state index in [1.165, 1.54) is 11.3 Å². The fraction of sp³-hybridized carbons (Fsp3) is 0.267. The van der Waals surface area contributed by atoms with Crippen molar-refractivity contribution in [2.45, 2.75) is 12.8 Å². The SMILES string of the molecule is COc1ccc(OC)c(CCc2cc(C(=O)O)c(N)s2)c1. The van der Waals surface area contributed by atoms with E-state index in [-0.39, 0.29) is 5.56 Å². The lowest BCUT2D eigenvalue weighted by Crippen LogP contribution is -1.97. The molecule has 0 fully saturated rings. The number of anilines is 1. The molecule has 21 heavy (non-hydrogen) atoms. The van der Waals surface area contributed by atoms with Crippen LogP contribution in [-0.4, -0.2) is 25.3 Å². The second kappa shape index (κ2) is 6.49. The van der Waals surface area contributed by atoms with Crippen LogP contribution in [0, 0.1) is 0 Å². The molecule has 112 valence electrons. The normalized spacial score (nSPS) is 10.4. The number of ether oxygens (including phenoxy) is 2. The van der Waals surface area contributed by atoms with E-state index in [1.54, 1.807) is 20.3 Å². The van der Waals surface area contributed by atoms with E-state index >= 15 is 0 Å². The van der Waals surface area contributed by atoms with Gasteiger partial charge in [-0.3, -0.25) is 0 Å². The fourth-order valence-corrected chi connectivity index (χ4v) is 3.00. The summed E-state index contributed by atoms with van der Waals surface area (Å²) in [6.07, 6.45) is 1.42. The number of nitrogens with two attached hydrogens (primary N) is 1. The Kier molecular flexibility index (Phi) is 4.70. The number of methoxy groups -OCH3 is 2. The van der Waals surface area contributed by atoms with Gasteiger partial charge in [0.15, 0.2) is 0 Å². The van der Waals surface area contributed by atoms with Crippen LogP contribution < -0.4 is 15.2 Å². The zero-order chi connectivity index (χ0) is 15.4. The maximum Gasteiger partial charge on any atom is 0.338 e. The van der Waals surface area contributed by atoms with E-state index in [9.17, 15) is 4.79 Å². The lowest BCUT2D eigenvalue weighted by atomic mass is 10.1. The Labute approximate surface area is 126 Å². The lowest BCUT2D eigenvalue weighted by molar-refractivity contribution is 0.0698. The molecule has 0 unspecified atom stereocenters.